The fraction of sp³-hybridized carbons (Fsp3) is 0.273. The van der Waals surface area contributed by atoms with Crippen molar-refractivity contribution in [3.8, 4) is 22.8 Å². The Hall–Kier alpha value is -3.12. The van der Waals surface area contributed by atoms with Crippen LogP contribution in [0.3, 0.4) is 0 Å². The minimum Gasteiger partial charge on any atom is -0.497 e. The third kappa shape index (κ3) is 3.39. The molecule has 28 heavy (non-hydrogen) atoms. The standard InChI is InChI=1S/C22H20O6/c1-13-5-10-16-18(12-13)27-20(14-6-8-15(25-2)9-7-14)21(19(16)23)28-22(24)17-4-3-11-26-17/h5-10,12,17H,3-4,11H2,1-2H3. The van der Waals surface area contributed by atoms with E-state index in [1.54, 1.807) is 43.5 Å². The summed E-state index contributed by atoms with van der Waals surface area (Å²) in [5.74, 6) is 0.172. The second-order valence-corrected chi connectivity index (χ2v) is 6.74. The van der Waals surface area contributed by atoms with Crippen LogP contribution in [0.4, 0.5) is 0 Å². The number of hydrogen-bond donors (Lipinski definition) is 0. The Balaban J connectivity index is 1.86. The molecule has 1 aromatic heterocycles. The van der Waals surface area contributed by atoms with Gasteiger partial charge in [0.2, 0.25) is 11.2 Å². The van der Waals surface area contributed by atoms with Crippen LogP contribution in [0, 0.1) is 6.92 Å². The molecule has 3 aromatic rings. The number of esters is 1. The van der Waals surface area contributed by atoms with Crippen LogP contribution in [-0.4, -0.2) is 25.8 Å². The summed E-state index contributed by atoms with van der Waals surface area (Å²) in [7, 11) is 1.57. The zero-order chi connectivity index (χ0) is 19.7. The molecule has 0 amide bonds. The van der Waals surface area contributed by atoms with E-state index >= 15 is 0 Å². The van der Waals surface area contributed by atoms with Crippen LogP contribution in [-0.2, 0) is 9.53 Å². The van der Waals surface area contributed by atoms with Gasteiger partial charge in [0.1, 0.15) is 11.3 Å². The van der Waals surface area contributed by atoms with Crippen molar-refractivity contribution >= 4 is 16.9 Å². The number of fused-ring (bicyclic) bond motifs is 1. The molecule has 0 bridgehead atoms. The Morgan fingerprint density at radius 3 is 2.61 bits per heavy atom. The van der Waals surface area contributed by atoms with Gasteiger partial charge in [-0.05, 0) is 61.7 Å². The molecular formula is C22H20O6. The first-order chi connectivity index (χ1) is 13.6. The SMILES string of the molecule is COc1ccc(-c2oc3cc(C)ccc3c(=O)c2OC(=O)C2CCCO2)cc1. The molecule has 2 heterocycles. The van der Waals surface area contributed by atoms with E-state index in [4.69, 9.17) is 18.6 Å². The maximum absolute atomic E-state index is 13.1. The van der Waals surface area contributed by atoms with Crippen LogP contribution < -0.4 is 14.9 Å². The van der Waals surface area contributed by atoms with Gasteiger partial charge < -0.3 is 18.6 Å². The molecule has 0 saturated carbocycles. The number of aryl methyl sites for hydroxylation is 1. The largest absolute Gasteiger partial charge is 0.497 e. The third-order valence-corrected chi connectivity index (χ3v) is 4.75. The molecule has 1 aliphatic heterocycles. The number of ether oxygens (including phenoxy) is 3. The molecule has 1 fully saturated rings. The van der Waals surface area contributed by atoms with E-state index in [1.165, 1.54) is 0 Å². The second kappa shape index (κ2) is 7.48. The molecule has 0 spiro atoms. The monoisotopic (exact) mass is 380 g/mol. The lowest BCUT2D eigenvalue weighted by Gasteiger charge is -2.13. The Kier molecular flexibility index (Phi) is 4.88. The highest BCUT2D eigenvalue weighted by Gasteiger charge is 2.28. The summed E-state index contributed by atoms with van der Waals surface area (Å²) in [6, 6.07) is 12.3. The number of hydrogen-bond acceptors (Lipinski definition) is 6. The highest BCUT2D eigenvalue weighted by atomic mass is 16.6. The average Bonchev–Trinajstić information content (AvgIpc) is 3.25. The zero-order valence-electron chi connectivity index (χ0n) is 15.7. The number of methoxy groups -OCH3 is 1. The Morgan fingerprint density at radius 2 is 1.93 bits per heavy atom. The normalized spacial score (nSPS) is 16.3. The summed E-state index contributed by atoms with van der Waals surface area (Å²) in [4.78, 5) is 25.6. The van der Waals surface area contributed by atoms with E-state index in [-0.39, 0.29) is 11.5 Å². The first-order valence-electron chi connectivity index (χ1n) is 9.12. The lowest BCUT2D eigenvalue weighted by Crippen LogP contribution is -2.27. The van der Waals surface area contributed by atoms with Gasteiger partial charge in [-0.2, -0.15) is 0 Å². The maximum Gasteiger partial charge on any atom is 0.340 e. The number of carbonyl (C=O) groups excluding carboxylic acids is 1. The van der Waals surface area contributed by atoms with Crippen molar-refractivity contribution in [3.63, 3.8) is 0 Å². The molecule has 0 radical (unpaired) electrons. The van der Waals surface area contributed by atoms with Crippen LogP contribution in [0.1, 0.15) is 18.4 Å². The molecular weight excluding hydrogens is 360 g/mol. The molecule has 1 saturated heterocycles. The maximum atomic E-state index is 13.1. The molecule has 6 nitrogen and oxygen atoms in total. The van der Waals surface area contributed by atoms with Crippen molar-refractivity contribution in [2.75, 3.05) is 13.7 Å². The smallest absolute Gasteiger partial charge is 0.340 e. The number of carbonyl (C=O) groups is 1. The van der Waals surface area contributed by atoms with Gasteiger partial charge in [0.05, 0.1) is 12.5 Å². The van der Waals surface area contributed by atoms with Gasteiger partial charge in [0.15, 0.2) is 11.9 Å². The molecule has 1 unspecified atom stereocenters. The van der Waals surface area contributed by atoms with Crippen LogP contribution in [0.5, 0.6) is 11.5 Å². The summed E-state index contributed by atoms with van der Waals surface area (Å²) in [6.45, 7) is 2.43. The number of rotatable bonds is 4. The van der Waals surface area contributed by atoms with Gasteiger partial charge in [-0.15, -0.1) is 0 Å². The van der Waals surface area contributed by atoms with Gasteiger partial charge in [-0.1, -0.05) is 6.07 Å². The molecule has 4 rings (SSSR count). The van der Waals surface area contributed by atoms with Crippen molar-refractivity contribution in [1.82, 2.24) is 0 Å². The van der Waals surface area contributed by atoms with E-state index < -0.39 is 17.5 Å². The lowest BCUT2D eigenvalue weighted by atomic mass is 10.1. The third-order valence-electron chi connectivity index (χ3n) is 4.75. The van der Waals surface area contributed by atoms with Gasteiger partial charge in [0, 0.05) is 12.2 Å². The summed E-state index contributed by atoms with van der Waals surface area (Å²) in [5.41, 5.74) is 1.61. The van der Waals surface area contributed by atoms with Crippen LogP contribution in [0.25, 0.3) is 22.3 Å². The van der Waals surface area contributed by atoms with Crippen LogP contribution >= 0.6 is 0 Å². The Morgan fingerprint density at radius 1 is 1.14 bits per heavy atom. The molecule has 1 atom stereocenters. The van der Waals surface area contributed by atoms with E-state index in [2.05, 4.69) is 0 Å². The second-order valence-electron chi connectivity index (χ2n) is 6.74. The number of benzene rings is 2. The highest BCUT2D eigenvalue weighted by Crippen LogP contribution is 2.33. The lowest BCUT2D eigenvalue weighted by molar-refractivity contribution is -0.144. The first kappa shape index (κ1) is 18.3. The van der Waals surface area contributed by atoms with Crippen molar-refractivity contribution in [2.24, 2.45) is 0 Å². The van der Waals surface area contributed by atoms with Crippen LogP contribution in [0.15, 0.2) is 51.7 Å². The molecule has 144 valence electrons. The summed E-state index contributed by atoms with van der Waals surface area (Å²) in [6.07, 6.45) is 0.711. The Bertz CT molecular complexity index is 1070. The van der Waals surface area contributed by atoms with Crippen molar-refractivity contribution < 1.29 is 23.4 Å². The Labute approximate surface area is 161 Å². The topological polar surface area (TPSA) is 75.0 Å². The first-order valence-corrected chi connectivity index (χ1v) is 9.12. The summed E-state index contributed by atoms with van der Waals surface area (Å²) >= 11 is 0. The fourth-order valence-corrected chi connectivity index (χ4v) is 3.24. The predicted octanol–water partition coefficient (Wildman–Crippen LogP) is 3.86. The highest BCUT2D eigenvalue weighted by molar-refractivity contribution is 5.85. The molecule has 6 heteroatoms. The van der Waals surface area contributed by atoms with E-state index in [0.717, 1.165) is 12.0 Å². The fourth-order valence-electron chi connectivity index (χ4n) is 3.24. The molecule has 2 aromatic carbocycles. The molecule has 0 aliphatic carbocycles. The predicted molar refractivity (Wildman–Crippen MR) is 104 cm³/mol. The minimum atomic E-state index is -0.656. The quantitative estimate of drug-likeness (QED) is 0.640. The van der Waals surface area contributed by atoms with Crippen molar-refractivity contribution in [2.45, 2.75) is 25.9 Å². The average molecular weight is 380 g/mol. The van der Waals surface area contributed by atoms with Crippen molar-refractivity contribution in [1.29, 1.82) is 0 Å². The van der Waals surface area contributed by atoms with Gasteiger partial charge in [-0.25, -0.2) is 4.79 Å². The zero-order valence-corrected chi connectivity index (χ0v) is 15.7. The molecule has 1 aliphatic rings. The van der Waals surface area contributed by atoms with E-state index in [1.807, 2.05) is 13.0 Å². The van der Waals surface area contributed by atoms with Gasteiger partial charge in [0.25, 0.3) is 0 Å². The summed E-state index contributed by atoms with van der Waals surface area (Å²) in [5, 5.41) is 0.359. The van der Waals surface area contributed by atoms with Gasteiger partial charge >= 0.3 is 5.97 Å². The molecule has 0 N–H and O–H groups in total. The minimum absolute atomic E-state index is 0.123. The summed E-state index contributed by atoms with van der Waals surface area (Å²) < 4.78 is 22.1. The van der Waals surface area contributed by atoms with E-state index in [0.29, 0.717) is 35.3 Å². The van der Waals surface area contributed by atoms with Gasteiger partial charge in [-0.3, -0.25) is 4.79 Å². The van der Waals surface area contributed by atoms with Crippen molar-refractivity contribution in [3.05, 3.63) is 58.3 Å². The van der Waals surface area contributed by atoms with E-state index in [9.17, 15) is 9.59 Å². The van der Waals surface area contributed by atoms with Crippen LogP contribution in [0.2, 0.25) is 0 Å².